The van der Waals surface area contributed by atoms with E-state index in [0.717, 1.165) is 12.8 Å². The second kappa shape index (κ2) is 3.42. The first-order valence-electron chi connectivity index (χ1n) is 3.92. The number of carbonyl (C=O) groups excluding carboxylic acids is 1. The molecule has 1 atom stereocenters. The molecule has 3 N–H and O–H groups in total. The van der Waals surface area contributed by atoms with E-state index in [-0.39, 0.29) is 0 Å². The smallest absolute Gasteiger partial charge is 0.326 e. The molecule has 1 fully saturated rings. The van der Waals surface area contributed by atoms with Crippen molar-refractivity contribution in [3.63, 3.8) is 0 Å². The van der Waals surface area contributed by atoms with Gasteiger partial charge in [-0.3, -0.25) is 0 Å². The lowest BCUT2D eigenvalue weighted by Crippen LogP contribution is -2.50. The number of aliphatic carboxylic acids is 1. The van der Waals surface area contributed by atoms with Gasteiger partial charge in [0.1, 0.15) is 6.04 Å². The number of nitrogens with two attached hydrogens (primary N) is 1. The number of piperidine rings is 1. The predicted molar refractivity (Wildman–Crippen MR) is 41.6 cm³/mol. The van der Waals surface area contributed by atoms with Crippen LogP contribution in [-0.4, -0.2) is 34.6 Å². The monoisotopic (exact) mass is 172 g/mol. The quantitative estimate of drug-likeness (QED) is 0.584. The van der Waals surface area contributed by atoms with Crippen molar-refractivity contribution in [2.24, 2.45) is 5.73 Å². The summed E-state index contributed by atoms with van der Waals surface area (Å²) < 4.78 is 0. The summed E-state index contributed by atoms with van der Waals surface area (Å²) >= 11 is 0. The maximum absolute atomic E-state index is 10.8. The summed E-state index contributed by atoms with van der Waals surface area (Å²) in [4.78, 5) is 22.6. The standard InChI is InChI=1S/C7H12N2O3/c8-7(12)9-4-2-1-3-5(9)6(10)11/h5H,1-4H2,(H2,8,12)(H,10,11)/t5-/m0/s1. The number of rotatable bonds is 1. The third kappa shape index (κ3) is 1.66. The predicted octanol–water partition coefficient (Wildman–Crippen LogP) is 0.00420. The Labute approximate surface area is 70.1 Å². The Hall–Kier alpha value is -1.26. The highest BCUT2D eigenvalue weighted by molar-refractivity contribution is 5.81. The molecule has 12 heavy (non-hydrogen) atoms. The van der Waals surface area contributed by atoms with Crippen molar-refractivity contribution in [3.05, 3.63) is 0 Å². The topological polar surface area (TPSA) is 83.6 Å². The van der Waals surface area contributed by atoms with E-state index in [2.05, 4.69) is 0 Å². The number of hydrogen-bond acceptors (Lipinski definition) is 2. The van der Waals surface area contributed by atoms with E-state index >= 15 is 0 Å². The van der Waals surface area contributed by atoms with Gasteiger partial charge in [-0.05, 0) is 19.3 Å². The first-order valence-corrected chi connectivity index (χ1v) is 3.92. The Bertz CT molecular complexity index is 183. The zero-order valence-corrected chi connectivity index (χ0v) is 6.69. The van der Waals surface area contributed by atoms with Crippen LogP contribution in [0.15, 0.2) is 0 Å². The van der Waals surface area contributed by atoms with E-state index in [1.807, 2.05) is 0 Å². The van der Waals surface area contributed by atoms with Gasteiger partial charge in [-0.2, -0.15) is 0 Å². The van der Waals surface area contributed by atoms with Crippen molar-refractivity contribution in [3.8, 4) is 0 Å². The minimum Gasteiger partial charge on any atom is -0.480 e. The van der Waals surface area contributed by atoms with E-state index in [4.69, 9.17) is 10.8 Å². The summed E-state index contributed by atoms with van der Waals surface area (Å²) in [6.45, 7) is 0.465. The molecule has 0 bridgehead atoms. The summed E-state index contributed by atoms with van der Waals surface area (Å²) in [6, 6.07) is -1.35. The molecule has 1 heterocycles. The van der Waals surface area contributed by atoms with Crippen LogP contribution in [0, 0.1) is 0 Å². The molecule has 1 rings (SSSR count). The number of carbonyl (C=O) groups is 2. The highest BCUT2D eigenvalue weighted by Crippen LogP contribution is 2.16. The second-order valence-electron chi connectivity index (χ2n) is 2.88. The molecule has 0 spiro atoms. The minimum atomic E-state index is -0.964. The van der Waals surface area contributed by atoms with Crippen LogP contribution >= 0.6 is 0 Å². The van der Waals surface area contributed by atoms with Crippen molar-refractivity contribution >= 4 is 12.0 Å². The first kappa shape index (κ1) is 8.83. The molecule has 2 amide bonds. The van der Waals surface area contributed by atoms with E-state index in [1.165, 1.54) is 4.90 Å². The molecule has 5 nitrogen and oxygen atoms in total. The molecule has 0 aromatic carbocycles. The lowest BCUT2D eigenvalue weighted by Gasteiger charge is -2.31. The number of amides is 2. The van der Waals surface area contributed by atoms with Crippen LogP contribution in [0.1, 0.15) is 19.3 Å². The molecule has 0 aliphatic carbocycles. The Morgan fingerprint density at radius 2 is 2.08 bits per heavy atom. The summed E-state index contributed by atoms with van der Waals surface area (Å²) in [5.74, 6) is -0.964. The van der Waals surface area contributed by atoms with Crippen molar-refractivity contribution in [2.75, 3.05) is 6.54 Å². The normalized spacial score (nSPS) is 23.7. The fraction of sp³-hybridized carbons (Fsp3) is 0.714. The van der Waals surface area contributed by atoms with Gasteiger partial charge in [-0.15, -0.1) is 0 Å². The van der Waals surface area contributed by atoms with E-state index in [1.54, 1.807) is 0 Å². The van der Waals surface area contributed by atoms with Gasteiger partial charge >= 0.3 is 12.0 Å². The molecule has 0 unspecified atom stereocenters. The van der Waals surface area contributed by atoms with Gasteiger partial charge in [0.25, 0.3) is 0 Å². The van der Waals surface area contributed by atoms with Crippen molar-refractivity contribution in [2.45, 2.75) is 25.3 Å². The van der Waals surface area contributed by atoms with Crippen LogP contribution < -0.4 is 5.73 Å². The molecule has 0 saturated carbocycles. The number of carboxylic acid groups (broad SMARTS) is 1. The summed E-state index contributed by atoms with van der Waals surface area (Å²) in [6.07, 6.45) is 2.20. The van der Waals surface area contributed by atoms with Crippen molar-refractivity contribution in [1.29, 1.82) is 0 Å². The van der Waals surface area contributed by atoms with Gasteiger partial charge < -0.3 is 15.7 Å². The summed E-state index contributed by atoms with van der Waals surface area (Å²) in [5, 5.41) is 8.71. The Balaban J connectivity index is 2.67. The van der Waals surface area contributed by atoms with Crippen LogP contribution in [0.4, 0.5) is 4.79 Å². The molecule has 0 aromatic heterocycles. The zero-order valence-electron chi connectivity index (χ0n) is 6.69. The molecule has 1 aliphatic rings. The molecule has 68 valence electrons. The molecule has 0 aromatic rings. The van der Waals surface area contributed by atoms with Gasteiger partial charge in [-0.25, -0.2) is 9.59 Å². The minimum absolute atomic E-state index is 0.465. The summed E-state index contributed by atoms with van der Waals surface area (Å²) in [5.41, 5.74) is 5.02. The average molecular weight is 172 g/mol. The van der Waals surface area contributed by atoms with Gasteiger partial charge in [0.05, 0.1) is 0 Å². The van der Waals surface area contributed by atoms with Gasteiger partial charge in [0, 0.05) is 6.54 Å². The van der Waals surface area contributed by atoms with Crippen molar-refractivity contribution < 1.29 is 14.7 Å². The van der Waals surface area contributed by atoms with Gasteiger partial charge in [0.2, 0.25) is 0 Å². The number of hydrogen-bond donors (Lipinski definition) is 2. The highest BCUT2D eigenvalue weighted by Gasteiger charge is 2.30. The van der Waals surface area contributed by atoms with E-state index in [0.29, 0.717) is 13.0 Å². The maximum Gasteiger partial charge on any atom is 0.326 e. The van der Waals surface area contributed by atoms with E-state index < -0.39 is 18.0 Å². The third-order valence-corrected chi connectivity index (χ3v) is 2.07. The molecule has 1 aliphatic heterocycles. The van der Waals surface area contributed by atoms with Gasteiger partial charge in [0.15, 0.2) is 0 Å². The molecule has 0 radical (unpaired) electrons. The van der Waals surface area contributed by atoms with Crippen LogP contribution in [0.25, 0.3) is 0 Å². The third-order valence-electron chi connectivity index (χ3n) is 2.07. The SMILES string of the molecule is NC(=O)N1CCCC[C@H]1C(=O)O. The van der Waals surface area contributed by atoms with Crippen LogP contribution in [0.2, 0.25) is 0 Å². The van der Waals surface area contributed by atoms with Crippen LogP contribution in [0.5, 0.6) is 0 Å². The fourth-order valence-electron chi connectivity index (χ4n) is 1.45. The fourth-order valence-corrected chi connectivity index (χ4v) is 1.45. The van der Waals surface area contributed by atoms with Crippen molar-refractivity contribution in [1.82, 2.24) is 4.90 Å². The second-order valence-corrected chi connectivity index (χ2v) is 2.88. The Kier molecular flexibility index (Phi) is 2.52. The zero-order chi connectivity index (χ0) is 9.14. The highest BCUT2D eigenvalue weighted by atomic mass is 16.4. The largest absolute Gasteiger partial charge is 0.480 e. The average Bonchev–Trinajstić information content (AvgIpc) is 2.04. The lowest BCUT2D eigenvalue weighted by molar-refractivity contribution is -0.143. The number of primary amides is 1. The Morgan fingerprint density at radius 1 is 1.42 bits per heavy atom. The maximum atomic E-state index is 10.8. The molecule has 1 saturated heterocycles. The number of urea groups is 1. The van der Waals surface area contributed by atoms with Crippen LogP contribution in [-0.2, 0) is 4.79 Å². The lowest BCUT2D eigenvalue weighted by atomic mass is 10.0. The van der Waals surface area contributed by atoms with Gasteiger partial charge in [-0.1, -0.05) is 0 Å². The van der Waals surface area contributed by atoms with Crippen LogP contribution in [0.3, 0.4) is 0 Å². The molecular formula is C7H12N2O3. The summed E-state index contributed by atoms with van der Waals surface area (Å²) in [7, 11) is 0. The number of carboxylic acids is 1. The number of nitrogens with zero attached hydrogens (tertiary/aromatic N) is 1. The first-order chi connectivity index (χ1) is 5.63. The molecular weight excluding hydrogens is 160 g/mol. The number of likely N-dealkylation sites (tertiary alicyclic amines) is 1. The Morgan fingerprint density at radius 3 is 2.50 bits per heavy atom. The van der Waals surface area contributed by atoms with E-state index in [9.17, 15) is 9.59 Å². The molecule has 5 heteroatoms.